The fraction of sp³-hybridized carbons (Fsp3) is 0.235. The van der Waals surface area contributed by atoms with Crippen LogP contribution in [0.1, 0.15) is 27.8 Å². The number of anilines is 1. The topological polar surface area (TPSA) is 86.8 Å². The van der Waals surface area contributed by atoms with E-state index < -0.39 is 28.5 Å². The summed E-state index contributed by atoms with van der Waals surface area (Å²) in [6.45, 7) is 5.11. The number of rotatable bonds is 11. The fourth-order valence-corrected chi connectivity index (χ4v) is 6.59. The zero-order valence-electron chi connectivity index (χ0n) is 24.7. The second-order valence-electron chi connectivity index (χ2n) is 10.5. The molecule has 0 heterocycles. The summed E-state index contributed by atoms with van der Waals surface area (Å²) in [6, 6.07) is 27.6. The number of likely N-dealkylation sites (N-methyl/N-ethyl adjacent to an activating group) is 1. The number of hydrogen-bond acceptors (Lipinski definition) is 4. The molecule has 0 fully saturated rings. The second-order valence-corrected chi connectivity index (χ2v) is 12.8. The monoisotopic (exact) mass is 617 g/mol. The van der Waals surface area contributed by atoms with Crippen LogP contribution in [0.25, 0.3) is 0 Å². The smallest absolute Gasteiger partial charge is 0.264 e. The van der Waals surface area contributed by atoms with E-state index in [9.17, 15) is 18.0 Å². The van der Waals surface area contributed by atoms with Crippen LogP contribution in [0.3, 0.4) is 0 Å². The Morgan fingerprint density at radius 3 is 2.12 bits per heavy atom. The zero-order valence-corrected chi connectivity index (χ0v) is 26.3. The molecule has 0 aromatic heterocycles. The van der Waals surface area contributed by atoms with Crippen molar-refractivity contribution in [3.63, 3.8) is 0 Å². The minimum absolute atomic E-state index is 0.0441. The third-order valence-electron chi connectivity index (χ3n) is 7.35. The van der Waals surface area contributed by atoms with Gasteiger partial charge >= 0.3 is 0 Å². The highest BCUT2D eigenvalue weighted by Crippen LogP contribution is 2.31. The van der Waals surface area contributed by atoms with Gasteiger partial charge in [0.15, 0.2) is 0 Å². The lowest BCUT2D eigenvalue weighted by molar-refractivity contribution is -0.139. The van der Waals surface area contributed by atoms with Crippen LogP contribution in [-0.4, -0.2) is 44.8 Å². The molecule has 0 aliphatic heterocycles. The van der Waals surface area contributed by atoms with Gasteiger partial charge in [0.05, 0.1) is 10.6 Å². The van der Waals surface area contributed by atoms with E-state index in [-0.39, 0.29) is 29.5 Å². The first kappa shape index (κ1) is 31.8. The first-order valence-corrected chi connectivity index (χ1v) is 15.8. The van der Waals surface area contributed by atoms with E-state index in [0.29, 0.717) is 10.6 Å². The molecular weight excluding hydrogens is 582 g/mol. The van der Waals surface area contributed by atoms with Crippen LogP contribution < -0.4 is 9.62 Å². The number of amides is 2. The third kappa shape index (κ3) is 7.63. The second kappa shape index (κ2) is 13.9. The van der Waals surface area contributed by atoms with Crippen molar-refractivity contribution in [2.45, 2.75) is 44.7 Å². The molecule has 7 nitrogen and oxygen atoms in total. The van der Waals surface area contributed by atoms with Gasteiger partial charge in [0.25, 0.3) is 10.0 Å². The molecule has 0 aliphatic rings. The number of sulfonamides is 1. The molecule has 0 unspecified atom stereocenters. The van der Waals surface area contributed by atoms with Crippen LogP contribution in [0.15, 0.2) is 102 Å². The van der Waals surface area contributed by atoms with E-state index in [1.54, 1.807) is 37.3 Å². The molecule has 1 atom stereocenters. The molecular formula is C34H36ClN3O4S. The van der Waals surface area contributed by atoms with Crippen LogP contribution in [0.5, 0.6) is 0 Å². The Labute approximate surface area is 259 Å². The van der Waals surface area contributed by atoms with Gasteiger partial charge in [-0.1, -0.05) is 95.5 Å². The Balaban J connectivity index is 1.82. The number of carbonyl (C=O) groups is 2. The summed E-state index contributed by atoms with van der Waals surface area (Å²) in [6.07, 6.45) is 0.249. The molecule has 0 radical (unpaired) electrons. The van der Waals surface area contributed by atoms with Crippen molar-refractivity contribution >= 4 is 39.1 Å². The summed E-state index contributed by atoms with van der Waals surface area (Å²) in [5.41, 5.74) is 4.40. The summed E-state index contributed by atoms with van der Waals surface area (Å²) >= 11 is 6.43. The van der Waals surface area contributed by atoms with Crippen LogP contribution in [-0.2, 0) is 32.6 Å². The summed E-state index contributed by atoms with van der Waals surface area (Å²) in [4.78, 5) is 29.3. The average molecular weight is 618 g/mol. The van der Waals surface area contributed by atoms with Crippen molar-refractivity contribution in [1.82, 2.24) is 10.2 Å². The maximum absolute atomic E-state index is 14.4. The average Bonchev–Trinajstić information content (AvgIpc) is 2.99. The summed E-state index contributed by atoms with van der Waals surface area (Å²) in [5.74, 6) is -0.877. The van der Waals surface area contributed by atoms with Crippen molar-refractivity contribution < 1.29 is 18.0 Å². The molecule has 4 aromatic carbocycles. The first-order chi connectivity index (χ1) is 20.5. The molecule has 0 spiro atoms. The lowest BCUT2D eigenvalue weighted by Crippen LogP contribution is -2.53. The van der Waals surface area contributed by atoms with Gasteiger partial charge in [-0.05, 0) is 61.7 Å². The molecule has 0 aliphatic carbocycles. The van der Waals surface area contributed by atoms with Gasteiger partial charge in [0.1, 0.15) is 12.6 Å². The molecule has 2 amide bonds. The zero-order chi connectivity index (χ0) is 31.1. The quantitative estimate of drug-likeness (QED) is 0.229. The first-order valence-electron chi connectivity index (χ1n) is 14.0. The molecule has 1 N–H and O–H groups in total. The molecule has 9 heteroatoms. The van der Waals surface area contributed by atoms with Gasteiger partial charge in [0.2, 0.25) is 11.8 Å². The van der Waals surface area contributed by atoms with E-state index >= 15 is 0 Å². The van der Waals surface area contributed by atoms with Crippen LogP contribution in [0.2, 0.25) is 5.02 Å². The van der Waals surface area contributed by atoms with Crippen molar-refractivity contribution in [2.75, 3.05) is 17.9 Å². The number of carbonyl (C=O) groups excluding carboxylic acids is 2. The van der Waals surface area contributed by atoms with E-state index in [2.05, 4.69) is 5.32 Å². The van der Waals surface area contributed by atoms with Crippen molar-refractivity contribution in [1.29, 1.82) is 0 Å². The van der Waals surface area contributed by atoms with Crippen LogP contribution >= 0.6 is 11.6 Å². The Kier molecular flexibility index (Phi) is 10.3. The molecule has 0 bridgehead atoms. The summed E-state index contributed by atoms with van der Waals surface area (Å²) in [7, 11) is -2.68. The van der Waals surface area contributed by atoms with Crippen molar-refractivity contribution in [3.05, 3.63) is 130 Å². The standard InChI is InChI=1S/C34H36ClN3O4S/c1-24-16-18-29(19-17-24)43(41,42)38(31-15-9-14-30(35)26(31)3)23-33(39)37(22-28-13-8-10-25(2)20-28)32(34(40)36-4)21-27-11-6-5-7-12-27/h5-20,32H,21-23H2,1-4H3,(H,36,40)/t32-/m1/s1. The minimum atomic E-state index is -4.20. The van der Waals surface area contributed by atoms with Gasteiger partial charge in [-0.3, -0.25) is 13.9 Å². The molecule has 43 heavy (non-hydrogen) atoms. The summed E-state index contributed by atoms with van der Waals surface area (Å²) < 4.78 is 29.4. The Morgan fingerprint density at radius 2 is 1.47 bits per heavy atom. The summed E-state index contributed by atoms with van der Waals surface area (Å²) in [5, 5.41) is 3.07. The fourth-order valence-electron chi connectivity index (χ4n) is 4.94. The van der Waals surface area contributed by atoms with Gasteiger partial charge in [-0.15, -0.1) is 0 Å². The van der Waals surface area contributed by atoms with E-state index in [0.717, 1.165) is 26.6 Å². The molecule has 0 saturated carbocycles. The number of hydrogen-bond donors (Lipinski definition) is 1. The van der Waals surface area contributed by atoms with E-state index in [1.165, 1.54) is 24.1 Å². The van der Waals surface area contributed by atoms with Crippen molar-refractivity contribution in [3.8, 4) is 0 Å². The normalized spacial score (nSPS) is 11.9. The third-order valence-corrected chi connectivity index (χ3v) is 9.53. The number of nitrogens with zero attached hydrogens (tertiary/aromatic N) is 2. The number of benzene rings is 4. The Morgan fingerprint density at radius 1 is 0.814 bits per heavy atom. The van der Waals surface area contributed by atoms with Crippen LogP contribution in [0.4, 0.5) is 5.69 Å². The van der Waals surface area contributed by atoms with Gasteiger partial charge in [0, 0.05) is 25.0 Å². The maximum Gasteiger partial charge on any atom is 0.264 e. The molecule has 4 rings (SSSR count). The molecule has 224 valence electrons. The van der Waals surface area contributed by atoms with Gasteiger partial charge in [-0.2, -0.15) is 0 Å². The van der Waals surface area contributed by atoms with Gasteiger partial charge < -0.3 is 10.2 Å². The van der Waals surface area contributed by atoms with Gasteiger partial charge in [-0.25, -0.2) is 8.42 Å². The highest BCUT2D eigenvalue weighted by atomic mass is 35.5. The number of halogens is 1. The Bertz CT molecular complexity index is 1690. The largest absolute Gasteiger partial charge is 0.357 e. The Hall–Kier alpha value is -4.14. The van der Waals surface area contributed by atoms with E-state index in [1.807, 2.05) is 68.4 Å². The lowest BCUT2D eigenvalue weighted by atomic mass is 10.0. The molecule has 0 saturated heterocycles. The molecule has 4 aromatic rings. The van der Waals surface area contributed by atoms with E-state index in [4.69, 9.17) is 11.6 Å². The number of aryl methyl sites for hydroxylation is 2. The minimum Gasteiger partial charge on any atom is -0.357 e. The maximum atomic E-state index is 14.4. The predicted molar refractivity (Wildman–Crippen MR) is 172 cm³/mol. The van der Waals surface area contributed by atoms with Crippen molar-refractivity contribution in [2.24, 2.45) is 0 Å². The highest BCUT2D eigenvalue weighted by Gasteiger charge is 2.35. The van der Waals surface area contributed by atoms with Crippen LogP contribution in [0, 0.1) is 20.8 Å². The lowest BCUT2D eigenvalue weighted by Gasteiger charge is -2.34. The SMILES string of the molecule is CNC(=O)[C@@H](Cc1ccccc1)N(Cc1cccc(C)c1)C(=O)CN(c1cccc(Cl)c1C)S(=O)(=O)c1ccc(C)cc1. The number of nitrogens with one attached hydrogen (secondary N) is 1. The highest BCUT2D eigenvalue weighted by molar-refractivity contribution is 7.92. The predicted octanol–water partition coefficient (Wildman–Crippen LogP) is 5.85.